The molecule has 0 spiro atoms. The molecule has 1 heterocycles. The van der Waals surface area contributed by atoms with Crippen molar-refractivity contribution in [2.45, 2.75) is 38.5 Å². The van der Waals surface area contributed by atoms with Crippen molar-refractivity contribution in [3.05, 3.63) is 192 Å². The summed E-state index contributed by atoms with van der Waals surface area (Å²) >= 11 is 0. The molecule has 0 bridgehead atoms. The fraction of sp³-hybridized carbons (Fsp3) is 0.109. The van der Waals surface area contributed by atoms with Crippen LogP contribution in [0.2, 0.25) is 0 Å². The lowest BCUT2D eigenvalue weighted by Crippen LogP contribution is -2.18. The van der Waals surface area contributed by atoms with Gasteiger partial charge in [0.15, 0.2) is 0 Å². The second kappa shape index (κ2) is 11.4. The molecule has 0 unspecified atom stereocenters. The standard InChI is InChI=1S/C55H40N2/c1-54(2)47-13-7-5-11-41(47)43-25-22-38(31-49(43)54)57(39-23-26-44-42-12-6-8-14-48(42)55(3,4)50(44)32-39)37-20-17-33(18-21-37)40-24-19-34-15-16-35-30-36-10-9-29-56-53(36)46-28-27-45(40)51(34)52(35)46/h5-32H,1-4H3. The molecule has 270 valence electrons. The maximum Gasteiger partial charge on any atom is 0.0780 e. The summed E-state index contributed by atoms with van der Waals surface area (Å²) < 4.78 is 0. The van der Waals surface area contributed by atoms with E-state index in [-0.39, 0.29) is 10.8 Å². The van der Waals surface area contributed by atoms with Crippen LogP contribution in [0.1, 0.15) is 49.9 Å². The summed E-state index contributed by atoms with van der Waals surface area (Å²) in [6.07, 6.45) is 1.90. The number of hydrogen-bond acceptors (Lipinski definition) is 2. The summed E-state index contributed by atoms with van der Waals surface area (Å²) in [5, 5.41) is 8.78. The zero-order chi connectivity index (χ0) is 38.2. The normalized spacial score (nSPS) is 14.6. The first-order chi connectivity index (χ1) is 27.8. The number of fused-ring (bicyclic) bond motifs is 8. The lowest BCUT2D eigenvalue weighted by atomic mass is 9.82. The van der Waals surface area contributed by atoms with Crippen molar-refractivity contribution in [1.29, 1.82) is 0 Å². The Morgan fingerprint density at radius 3 is 1.58 bits per heavy atom. The minimum atomic E-state index is -0.101. The molecule has 9 aromatic carbocycles. The molecule has 0 saturated heterocycles. The van der Waals surface area contributed by atoms with Gasteiger partial charge in [0, 0.05) is 44.9 Å². The first-order valence-corrected chi connectivity index (χ1v) is 20.1. The number of benzene rings is 9. The molecule has 1 aromatic heterocycles. The predicted molar refractivity (Wildman–Crippen MR) is 241 cm³/mol. The fourth-order valence-corrected chi connectivity index (χ4v) is 10.6. The van der Waals surface area contributed by atoms with Crippen LogP contribution in [0.4, 0.5) is 17.1 Å². The van der Waals surface area contributed by atoms with Crippen molar-refractivity contribution in [2.75, 3.05) is 4.90 Å². The zero-order valence-electron chi connectivity index (χ0n) is 32.6. The molecule has 2 aliphatic carbocycles. The highest BCUT2D eigenvalue weighted by atomic mass is 15.1. The molecule has 10 aromatic rings. The first-order valence-electron chi connectivity index (χ1n) is 20.1. The molecular formula is C55H40N2. The Morgan fingerprint density at radius 1 is 0.386 bits per heavy atom. The van der Waals surface area contributed by atoms with Gasteiger partial charge in [0.2, 0.25) is 0 Å². The molecule has 2 nitrogen and oxygen atoms in total. The third kappa shape index (κ3) is 4.44. The van der Waals surface area contributed by atoms with E-state index in [0.29, 0.717) is 0 Å². The van der Waals surface area contributed by atoms with Crippen molar-refractivity contribution in [2.24, 2.45) is 0 Å². The average Bonchev–Trinajstić information content (AvgIpc) is 3.62. The summed E-state index contributed by atoms with van der Waals surface area (Å²) in [7, 11) is 0. The zero-order valence-corrected chi connectivity index (χ0v) is 32.6. The predicted octanol–water partition coefficient (Wildman–Crippen LogP) is 14.9. The fourth-order valence-electron chi connectivity index (χ4n) is 10.6. The molecule has 0 fully saturated rings. The molecule has 0 aliphatic heterocycles. The molecule has 0 radical (unpaired) electrons. The Balaban J connectivity index is 1.02. The number of anilines is 3. The highest BCUT2D eigenvalue weighted by molar-refractivity contribution is 6.30. The summed E-state index contributed by atoms with van der Waals surface area (Å²) in [5.41, 5.74) is 17.6. The van der Waals surface area contributed by atoms with E-state index in [1.165, 1.54) is 105 Å². The van der Waals surface area contributed by atoms with Crippen LogP contribution >= 0.6 is 0 Å². The molecule has 0 saturated carbocycles. The second-order valence-electron chi connectivity index (χ2n) is 17.2. The minimum Gasteiger partial charge on any atom is -0.310 e. The monoisotopic (exact) mass is 728 g/mol. The highest BCUT2D eigenvalue weighted by Crippen LogP contribution is 2.53. The second-order valence-corrected chi connectivity index (χ2v) is 17.2. The maximum absolute atomic E-state index is 4.81. The van der Waals surface area contributed by atoms with E-state index in [1.807, 2.05) is 12.3 Å². The van der Waals surface area contributed by atoms with Gasteiger partial charge in [-0.2, -0.15) is 0 Å². The van der Waals surface area contributed by atoms with Gasteiger partial charge < -0.3 is 4.90 Å². The van der Waals surface area contributed by atoms with Gasteiger partial charge in [-0.3, -0.25) is 4.98 Å². The van der Waals surface area contributed by atoms with E-state index in [0.717, 1.165) is 11.2 Å². The van der Waals surface area contributed by atoms with Gasteiger partial charge in [-0.25, -0.2) is 0 Å². The van der Waals surface area contributed by atoms with Crippen molar-refractivity contribution in [1.82, 2.24) is 4.98 Å². The highest BCUT2D eigenvalue weighted by Gasteiger charge is 2.37. The van der Waals surface area contributed by atoms with Crippen LogP contribution in [0, 0.1) is 0 Å². The minimum absolute atomic E-state index is 0.101. The summed E-state index contributed by atoms with van der Waals surface area (Å²) in [5.74, 6) is 0. The number of hydrogen-bond donors (Lipinski definition) is 0. The van der Waals surface area contributed by atoms with Crippen LogP contribution < -0.4 is 4.90 Å². The first kappa shape index (κ1) is 32.5. The van der Waals surface area contributed by atoms with Gasteiger partial charge in [-0.05, 0) is 131 Å². The number of pyridine rings is 1. The third-order valence-electron chi connectivity index (χ3n) is 13.4. The SMILES string of the molecule is CC1(C)c2ccccc2-c2ccc(N(c3ccc(-c4ccc5ccc6cc7cccnc7c7ccc4c5c67)cc3)c3ccc4c(c3)C(C)(C)c3ccccc3-4)cc21. The molecule has 57 heavy (non-hydrogen) atoms. The number of rotatable bonds is 4. The number of nitrogens with zero attached hydrogens (tertiary/aromatic N) is 2. The van der Waals surface area contributed by atoms with Crippen LogP contribution in [0.25, 0.3) is 76.6 Å². The largest absolute Gasteiger partial charge is 0.310 e. The van der Waals surface area contributed by atoms with Crippen molar-refractivity contribution in [3.63, 3.8) is 0 Å². The maximum atomic E-state index is 4.81. The van der Waals surface area contributed by atoms with E-state index in [4.69, 9.17) is 4.98 Å². The lowest BCUT2D eigenvalue weighted by molar-refractivity contribution is 0.660. The average molecular weight is 729 g/mol. The molecule has 0 N–H and O–H groups in total. The van der Waals surface area contributed by atoms with Gasteiger partial charge in [0.05, 0.1) is 5.52 Å². The van der Waals surface area contributed by atoms with Gasteiger partial charge in [-0.15, -0.1) is 0 Å². The molecule has 12 rings (SSSR count). The van der Waals surface area contributed by atoms with E-state index in [9.17, 15) is 0 Å². The Bertz CT molecular complexity index is 3190. The van der Waals surface area contributed by atoms with E-state index >= 15 is 0 Å². The van der Waals surface area contributed by atoms with Gasteiger partial charge in [0.1, 0.15) is 0 Å². The smallest absolute Gasteiger partial charge is 0.0780 e. The Hall–Kier alpha value is -6.77. The third-order valence-corrected chi connectivity index (χ3v) is 13.4. The van der Waals surface area contributed by atoms with E-state index in [1.54, 1.807) is 0 Å². The van der Waals surface area contributed by atoms with Gasteiger partial charge in [-0.1, -0.05) is 143 Å². The quantitative estimate of drug-likeness (QED) is 0.132. The van der Waals surface area contributed by atoms with Gasteiger partial charge in [0.25, 0.3) is 0 Å². The van der Waals surface area contributed by atoms with Crippen molar-refractivity contribution < 1.29 is 0 Å². The summed E-state index contributed by atoms with van der Waals surface area (Å²) in [4.78, 5) is 7.28. The van der Waals surface area contributed by atoms with Crippen molar-refractivity contribution in [3.8, 4) is 33.4 Å². The van der Waals surface area contributed by atoms with E-state index < -0.39 is 0 Å². The summed E-state index contributed by atoms with van der Waals surface area (Å²) in [6.45, 7) is 9.47. The molecular weight excluding hydrogens is 689 g/mol. The summed E-state index contributed by atoms with van der Waals surface area (Å²) in [6, 6.07) is 61.4. The van der Waals surface area contributed by atoms with Crippen LogP contribution in [-0.4, -0.2) is 4.98 Å². The van der Waals surface area contributed by atoms with Crippen molar-refractivity contribution >= 4 is 60.3 Å². The van der Waals surface area contributed by atoms with Crippen LogP contribution in [0.3, 0.4) is 0 Å². The molecule has 2 heteroatoms. The topological polar surface area (TPSA) is 16.1 Å². The van der Waals surface area contributed by atoms with Crippen LogP contribution in [-0.2, 0) is 10.8 Å². The molecule has 2 aliphatic rings. The lowest BCUT2D eigenvalue weighted by Gasteiger charge is -2.30. The molecule has 0 amide bonds. The Labute approximate surface area is 333 Å². The van der Waals surface area contributed by atoms with Gasteiger partial charge >= 0.3 is 0 Å². The Morgan fingerprint density at radius 2 is 0.912 bits per heavy atom. The van der Waals surface area contributed by atoms with Crippen LogP contribution in [0.15, 0.2) is 170 Å². The Kier molecular flexibility index (Phi) is 6.49. The number of aromatic nitrogens is 1. The van der Waals surface area contributed by atoms with Crippen LogP contribution in [0.5, 0.6) is 0 Å². The van der Waals surface area contributed by atoms with E-state index in [2.05, 4.69) is 190 Å². The molecule has 0 atom stereocenters.